The zero-order valence-electron chi connectivity index (χ0n) is 19.2. The lowest BCUT2D eigenvalue weighted by Gasteiger charge is -2.03. The average molecular weight is 403 g/mol. The van der Waals surface area contributed by atoms with Gasteiger partial charge in [0.2, 0.25) is 0 Å². The number of benzene rings is 3. The Hall–Kier alpha value is -3.26. The monoisotopic (exact) mass is 402 g/mol. The molecule has 2 heterocycles. The van der Waals surface area contributed by atoms with Crippen LogP contribution in [0.3, 0.4) is 0 Å². The third-order valence-electron chi connectivity index (χ3n) is 4.31. The second kappa shape index (κ2) is 6.72. The molecule has 28 heavy (non-hydrogen) atoms. The van der Waals surface area contributed by atoms with Gasteiger partial charge in [-0.3, -0.25) is 0 Å². The molecule has 2 aromatic heterocycles. The molecule has 0 bridgehead atoms. The quantitative estimate of drug-likeness (QED) is 0.227. The van der Waals surface area contributed by atoms with Gasteiger partial charge in [-0.25, -0.2) is 14.8 Å². The molecule has 0 unspecified atom stereocenters. The Morgan fingerprint density at radius 1 is 0.929 bits per heavy atom. The smallest absolute Gasteiger partial charge is 0.187 e. The molecule has 5 heteroatoms. The molecule has 132 valence electrons. The van der Waals surface area contributed by atoms with Crippen LogP contribution in [-0.4, -0.2) is 9.97 Å². The van der Waals surface area contributed by atoms with Crippen molar-refractivity contribution < 1.29 is 6.85 Å². The molecule has 3 nitrogen and oxygen atoms in total. The summed E-state index contributed by atoms with van der Waals surface area (Å²) in [4.78, 5) is 12.5. The topological polar surface area (TPSA) is 30.1 Å². The number of hydrogen-bond acceptors (Lipinski definition) is 3. The second-order valence-electron chi connectivity index (χ2n) is 5.99. The summed E-state index contributed by atoms with van der Waals surface area (Å²) in [7, 11) is 0. The van der Waals surface area contributed by atoms with Gasteiger partial charge in [0.25, 0.3) is 0 Å². The molecule has 0 spiro atoms. The predicted molar refractivity (Wildman–Crippen MR) is 117 cm³/mol. The van der Waals surface area contributed by atoms with E-state index in [9.17, 15) is 0 Å². The molecule has 0 fully saturated rings. The fraction of sp³-hybridized carbons (Fsp3) is 0. The van der Waals surface area contributed by atoms with Crippen LogP contribution < -0.4 is 0 Å². The molecular weight excluding hydrogens is 386 g/mol. The van der Waals surface area contributed by atoms with E-state index in [-0.39, 0.29) is 29.7 Å². The Balaban J connectivity index is 1.75. The van der Waals surface area contributed by atoms with Gasteiger partial charge in [-0.1, -0.05) is 72.1 Å². The predicted octanol–water partition coefficient (Wildman–Crippen LogP) is 7.38. The van der Waals surface area contributed by atoms with Crippen LogP contribution in [0.4, 0.5) is 5.69 Å². The summed E-state index contributed by atoms with van der Waals surface area (Å²) >= 11 is 7.91. The minimum absolute atomic E-state index is 0.136. The molecule has 0 amide bonds. The van der Waals surface area contributed by atoms with Gasteiger partial charge in [0, 0.05) is 15.6 Å². The second-order valence-corrected chi connectivity index (χ2v) is 7.40. The Kier molecular flexibility index (Phi) is 2.94. The first-order chi connectivity index (χ1) is 15.8. The van der Waals surface area contributed by atoms with Gasteiger partial charge < -0.3 is 0 Å². The Labute approximate surface area is 177 Å². The van der Waals surface area contributed by atoms with Gasteiger partial charge in [-0.2, -0.15) is 0 Å². The Morgan fingerprint density at radius 2 is 1.68 bits per heavy atom. The van der Waals surface area contributed by atoms with Crippen LogP contribution in [0.1, 0.15) is 6.85 Å². The van der Waals surface area contributed by atoms with Crippen LogP contribution in [0.2, 0.25) is 5.15 Å². The Morgan fingerprint density at radius 3 is 2.43 bits per heavy atom. The van der Waals surface area contributed by atoms with Gasteiger partial charge >= 0.3 is 0 Å². The van der Waals surface area contributed by atoms with Gasteiger partial charge in [0.15, 0.2) is 16.7 Å². The van der Waals surface area contributed by atoms with E-state index in [1.54, 1.807) is 36.4 Å². The van der Waals surface area contributed by atoms with E-state index in [2.05, 4.69) is 9.83 Å². The maximum absolute atomic E-state index is 8.28. The zero-order valence-corrected chi connectivity index (χ0v) is 15.7. The van der Waals surface area contributed by atoms with Crippen LogP contribution in [0.15, 0.2) is 72.7 Å². The van der Waals surface area contributed by atoms with E-state index in [0.717, 1.165) is 10.1 Å². The van der Waals surface area contributed by atoms with Crippen molar-refractivity contribution >= 4 is 48.9 Å². The van der Waals surface area contributed by atoms with E-state index >= 15 is 0 Å². The van der Waals surface area contributed by atoms with Crippen molar-refractivity contribution in [3.63, 3.8) is 0 Å². The fourth-order valence-electron chi connectivity index (χ4n) is 2.97. The number of rotatable bonds is 2. The van der Waals surface area contributed by atoms with Crippen LogP contribution >= 0.6 is 22.9 Å². The first-order valence-corrected chi connectivity index (χ1v) is 9.44. The maximum atomic E-state index is 8.28. The van der Waals surface area contributed by atoms with E-state index in [0.29, 0.717) is 38.0 Å². The minimum Gasteiger partial charge on any atom is -0.238 e. The maximum Gasteiger partial charge on any atom is 0.187 e. The zero-order chi connectivity index (χ0) is 23.4. The number of halogens is 1. The van der Waals surface area contributed by atoms with Crippen molar-refractivity contribution in [1.29, 1.82) is 0 Å². The molecule has 0 aliphatic carbocycles. The summed E-state index contributed by atoms with van der Waals surface area (Å²) in [6.07, 6.45) is 0. The van der Waals surface area contributed by atoms with E-state index in [1.807, 2.05) is 6.07 Å². The van der Waals surface area contributed by atoms with E-state index < -0.39 is 6.04 Å². The third-order valence-corrected chi connectivity index (χ3v) is 5.87. The summed E-state index contributed by atoms with van der Waals surface area (Å²) in [5.41, 5.74) is 2.48. The SMILES string of the molecule is [2H]c1c([2H])c([2H])c(-c2ccc3sc4c(Cl)nc(-c5ccc([N+]#[C-])cc5)nc4c3c2)c([2H])c1[2H]. The first kappa shape index (κ1) is 12.2. The van der Waals surface area contributed by atoms with Crippen LogP contribution in [-0.2, 0) is 0 Å². The number of thiophene rings is 1. The molecule has 3 aromatic carbocycles. The van der Waals surface area contributed by atoms with Gasteiger partial charge in [0.05, 0.1) is 23.6 Å². The summed E-state index contributed by atoms with van der Waals surface area (Å²) < 4.78 is 41.9. The lowest BCUT2D eigenvalue weighted by molar-refractivity contribution is 1.24. The van der Waals surface area contributed by atoms with Crippen molar-refractivity contribution in [3.8, 4) is 22.5 Å². The summed E-state index contributed by atoms with van der Waals surface area (Å²) in [5, 5.41) is 1.05. The van der Waals surface area contributed by atoms with Gasteiger partial charge in [0.1, 0.15) is 0 Å². The summed E-state index contributed by atoms with van der Waals surface area (Å²) in [5.74, 6) is 0.414. The molecular formula is C23H12ClN3S. The van der Waals surface area contributed by atoms with Gasteiger partial charge in [-0.15, -0.1) is 11.3 Å². The number of aromatic nitrogens is 2. The fourth-order valence-corrected chi connectivity index (χ4v) is 4.26. The highest BCUT2D eigenvalue weighted by molar-refractivity contribution is 7.26. The highest BCUT2D eigenvalue weighted by Gasteiger charge is 2.14. The molecule has 0 saturated heterocycles. The minimum atomic E-state index is -0.427. The van der Waals surface area contributed by atoms with Gasteiger partial charge in [-0.05, 0) is 23.3 Å². The third kappa shape index (κ3) is 2.82. The first-order valence-electron chi connectivity index (χ1n) is 10.7. The lowest BCUT2D eigenvalue weighted by Crippen LogP contribution is -1.90. The summed E-state index contributed by atoms with van der Waals surface area (Å²) in [6.45, 7) is 7.10. The van der Waals surface area contributed by atoms with Crippen LogP contribution in [0.5, 0.6) is 0 Å². The van der Waals surface area contributed by atoms with Crippen molar-refractivity contribution in [2.45, 2.75) is 0 Å². The number of fused-ring (bicyclic) bond motifs is 3. The number of nitrogens with zero attached hydrogens (tertiary/aromatic N) is 3. The molecule has 0 saturated carbocycles. The molecule has 5 aromatic rings. The highest BCUT2D eigenvalue weighted by Crippen LogP contribution is 2.39. The largest absolute Gasteiger partial charge is 0.238 e. The number of hydrogen-bond donors (Lipinski definition) is 0. The molecule has 0 atom stereocenters. The van der Waals surface area contributed by atoms with Crippen molar-refractivity contribution in [2.75, 3.05) is 0 Å². The van der Waals surface area contributed by atoms with E-state index in [4.69, 9.17) is 30.0 Å². The average Bonchev–Trinajstić information content (AvgIpc) is 3.20. The lowest BCUT2D eigenvalue weighted by atomic mass is 10.0. The molecule has 0 aliphatic rings. The van der Waals surface area contributed by atoms with Crippen molar-refractivity contribution in [2.24, 2.45) is 0 Å². The standard InChI is InChI=1S/C23H12ClN3S/c1-25-17-10-7-15(8-11-17)23-26-20-18-13-16(14-5-3-2-4-6-14)9-12-19(18)28-21(20)22(24)27-23/h2-13H/i2D,3D,4D,5D,6D. The molecule has 5 rings (SSSR count). The van der Waals surface area contributed by atoms with Crippen molar-refractivity contribution in [1.82, 2.24) is 9.97 Å². The molecule has 0 radical (unpaired) electrons. The summed E-state index contributed by atoms with van der Waals surface area (Å²) in [6, 6.07) is 10.5. The normalized spacial score (nSPS) is 13.5. The molecule has 0 aliphatic heterocycles. The Bertz CT molecular complexity index is 1610. The van der Waals surface area contributed by atoms with Crippen LogP contribution in [0.25, 0.3) is 47.7 Å². The highest BCUT2D eigenvalue weighted by atomic mass is 35.5. The van der Waals surface area contributed by atoms with E-state index in [1.165, 1.54) is 11.3 Å². The molecule has 0 N–H and O–H groups in total. The van der Waals surface area contributed by atoms with Crippen LogP contribution in [0, 0.1) is 6.57 Å². The van der Waals surface area contributed by atoms with Crippen molar-refractivity contribution in [3.05, 3.63) is 89.2 Å².